The first-order valence-electron chi connectivity index (χ1n) is 8.15. The molecule has 0 atom stereocenters. The molecule has 9 nitrogen and oxygen atoms in total. The van der Waals surface area contributed by atoms with Crippen LogP contribution in [-0.4, -0.2) is 37.9 Å². The molecule has 1 aliphatic rings. The summed E-state index contributed by atoms with van der Waals surface area (Å²) in [4.78, 5) is 23.1. The van der Waals surface area contributed by atoms with E-state index in [-0.39, 0.29) is 35.2 Å². The maximum absolute atomic E-state index is 12.6. The minimum atomic E-state index is -0.478. The number of carbonyl (C=O) groups excluding carboxylic acids is 1. The van der Waals surface area contributed by atoms with E-state index in [1.165, 1.54) is 16.8 Å². The zero-order valence-electron chi connectivity index (χ0n) is 14.3. The van der Waals surface area contributed by atoms with Gasteiger partial charge >= 0.3 is 0 Å². The Balaban J connectivity index is 0.00000243. The van der Waals surface area contributed by atoms with Crippen LogP contribution < -0.4 is 11.1 Å². The van der Waals surface area contributed by atoms with Crippen LogP contribution in [0.25, 0.3) is 5.69 Å². The van der Waals surface area contributed by atoms with E-state index in [2.05, 4.69) is 15.6 Å². The van der Waals surface area contributed by atoms with Crippen LogP contribution in [0.3, 0.4) is 0 Å². The Bertz CT molecular complexity index is 816. The Morgan fingerprint density at radius 3 is 2.73 bits per heavy atom. The molecule has 10 heteroatoms. The number of nitrogens with two attached hydrogens (primary N) is 1. The quantitative estimate of drug-likeness (QED) is 0.602. The Morgan fingerprint density at radius 2 is 2.12 bits per heavy atom. The second kappa shape index (κ2) is 7.79. The SMILES string of the molecule is Cc1c(C(=O)NC2(CN)CCCC2)nnn1-c1cccc([N+](=O)[O-])c1.Cl. The molecule has 1 saturated carbocycles. The predicted octanol–water partition coefficient (Wildman–Crippen LogP) is 1.91. The van der Waals surface area contributed by atoms with Crippen LogP contribution in [0, 0.1) is 17.0 Å². The van der Waals surface area contributed by atoms with Crippen molar-refractivity contribution in [3.05, 3.63) is 45.8 Å². The van der Waals surface area contributed by atoms with Crippen LogP contribution in [-0.2, 0) is 0 Å². The molecule has 0 spiro atoms. The number of halogens is 1. The van der Waals surface area contributed by atoms with Crippen molar-refractivity contribution in [2.75, 3.05) is 6.54 Å². The summed E-state index contributed by atoms with van der Waals surface area (Å²) in [6.07, 6.45) is 3.79. The van der Waals surface area contributed by atoms with Crippen LogP contribution in [0.2, 0.25) is 0 Å². The maximum Gasteiger partial charge on any atom is 0.274 e. The molecule has 0 saturated heterocycles. The van der Waals surface area contributed by atoms with E-state index < -0.39 is 4.92 Å². The molecule has 0 aliphatic heterocycles. The first kappa shape index (κ1) is 19.8. The lowest BCUT2D eigenvalue weighted by Gasteiger charge is -2.28. The second-order valence-electron chi connectivity index (χ2n) is 6.36. The summed E-state index contributed by atoms with van der Waals surface area (Å²) in [5, 5.41) is 21.9. The number of hydrogen-bond donors (Lipinski definition) is 2. The number of rotatable bonds is 5. The summed E-state index contributed by atoms with van der Waals surface area (Å²) >= 11 is 0. The normalized spacial score (nSPS) is 15.3. The molecule has 3 N–H and O–H groups in total. The van der Waals surface area contributed by atoms with Gasteiger partial charge in [0.15, 0.2) is 5.69 Å². The highest BCUT2D eigenvalue weighted by molar-refractivity contribution is 5.93. The van der Waals surface area contributed by atoms with E-state index in [4.69, 9.17) is 5.73 Å². The van der Waals surface area contributed by atoms with Gasteiger partial charge in [-0.05, 0) is 25.8 Å². The molecular formula is C16H21ClN6O3. The number of aromatic nitrogens is 3. The van der Waals surface area contributed by atoms with Gasteiger partial charge in [0, 0.05) is 18.7 Å². The number of nitrogens with zero attached hydrogens (tertiary/aromatic N) is 4. The van der Waals surface area contributed by atoms with Gasteiger partial charge in [-0.3, -0.25) is 14.9 Å². The van der Waals surface area contributed by atoms with Crippen molar-refractivity contribution in [1.29, 1.82) is 0 Å². The van der Waals surface area contributed by atoms with Gasteiger partial charge in [-0.25, -0.2) is 4.68 Å². The first-order valence-corrected chi connectivity index (χ1v) is 8.15. The molecule has 0 bridgehead atoms. The van der Waals surface area contributed by atoms with Crippen molar-refractivity contribution in [3.63, 3.8) is 0 Å². The van der Waals surface area contributed by atoms with Gasteiger partial charge in [0.1, 0.15) is 0 Å². The van der Waals surface area contributed by atoms with Gasteiger partial charge in [0.25, 0.3) is 11.6 Å². The molecule has 1 aromatic carbocycles. The lowest BCUT2D eigenvalue weighted by molar-refractivity contribution is -0.384. The highest BCUT2D eigenvalue weighted by Gasteiger charge is 2.35. The van der Waals surface area contributed by atoms with Gasteiger partial charge in [0.05, 0.1) is 21.8 Å². The van der Waals surface area contributed by atoms with Crippen LogP contribution in [0.5, 0.6) is 0 Å². The lowest BCUT2D eigenvalue weighted by atomic mass is 9.97. The number of benzene rings is 1. The third-order valence-corrected chi connectivity index (χ3v) is 4.72. The molecular weight excluding hydrogens is 360 g/mol. The molecule has 1 fully saturated rings. The highest BCUT2D eigenvalue weighted by atomic mass is 35.5. The average molecular weight is 381 g/mol. The van der Waals surface area contributed by atoms with Gasteiger partial charge in [0.2, 0.25) is 0 Å². The number of non-ortho nitro benzene ring substituents is 1. The van der Waals surface area contributed by atoms with Crippen molar-refractivity contribution in [1.82, 2.24) is 20.3 Å². The Labute approximate surface area is 156 Å². The molecule has 1 aliphatic carbocycles. The van der Waals surface area contributed by atoms with Crippen molar-refractivity contribution in [3.8, 4) is 5.69 Å². The van der Waals surface area contributed by atoms with E-state index in [0.717, 1.165) is 25.7 Å². The zero-order valence-corrected chi connectivity index (χ0v) is 15.2. The molecule has 26 heavy (non-hydrogen) atoms. The van der Waals surface area contributed by atoms with Crippen LogP contribution in [0.15, 0.2) is 24.3 Å². The Morgan fingerprint density at radius 1 is 1.42 bits per heavy atom. The summed E-state index contributed by atoms with van der Waals surface area (Å²) in [7, 11) is 0. The molecule has 0 unspecified atom stereocenters. The van der Waals surface area contributed by atoms with Crippen LogP contribution in [0.1, 0.15) is 41.9 Å². The zero-order chi connectivity index (χ0) is 18.0. The van der Waals surface area contributed by atoms with E-state index in [1.54, 1.807) is 19.1 Å². The van der Waals surface area contributed by atoms with Crippen LogP contribution >= 0.6 is 12.4 Å². The van der Waals surface area contributed by atoms with Gasteiger partial charge < -0.3 is 11.1 Å². The van der Waals surface area contributed by atoms with Crippen molar-refractivity contribution in [2.45, 2.75) is 38.1 Å². The summed E-state index contributed by atoms with van der Waals surface area (Å²) in [6, 6.07) is 6.03. The first-order chi connectivity index (χ1) is 12.0. The minimum Gasteiger partial charge on any atom is -0.344 e. The lowest BCUT2D eigenvalue weighted by Crippen LogP contribution is -2.51. The fourth-order valence-corrected chi connectivity index (χ4v) is 3.25. The highest BCUT2D eigenvalue weighted by Crippen LogP contribution is 2.29. The predicted molar refractivity (Wildman–Crippen MR) is 97.7 cm³/mol. The van der Waals surface area contributed by atoms with Crippen molar-refractivity contribution >= 4 is 24.0 Å². The molecule has 2 aromatic rings. The molecule has 1 amide bonds. The summed E-state index contributed by atoms with van der Waals surface area (Å²) in [6.45, 7) is 2.09. The number of nitro benzene ring substituents is 1. The molecule has 140 valence electrons. The molecule has 0 radical (unpaired) electrons. The van der Waals surface area contributed by atoms with Crippen molar-refractivity contribution < 1.29 is 9.72 Å². The van der Waals surface area contributed by atoms with Gasteiger partial charge in [-0.15, -0.1) is 17.5 Å². The topological polar surface area (TPSA) is 129 Å². The largest absolute Gasteiger partial charge is 0.344 e. The fourth-order valence-electron chi connectivity index (χ4n) is 3.25. The van der Waals surface area contributed by atoms with E-state index in [0.29, 0.717) is 17.9 Å². The van der Waals surface area contributed by atoms with Crippen LogP contribution in [0.4, 0.5) is 5.69 Å². The smallest absolute Gasteiger partial charge is 0.274 e. The monoisotopic (exact) mass is 380 g/mol. The Kier molecular flexibility index (Phi) is 5.94. The maximum atomic E-state index is 12.6. The van der Waals surface area contributed by atoms with Gasteiger partial charge in [-0.2, -0.15) is 0 Å². The number of nitrogens with one attached hydrogen (secondary N) is 1. The number of amides is 1. The third-order valence-electron chi connectivity index (χ3n) is 4.72. The van der Waals surface area contributed by atoms with Gasteiger partial charge in [-0.1, -0.05) is 24.1 Å². The minimum absolute atomic E-state index is 0. The van der Waals surface area contributed by atoms with E-state index >= 15 is 0 Å². The fraction of sp³-hybridized carbons (Fsp3) is 0.438. The van der Waals surface area contributed by atoms with Crippen molar-refractivity contribution in [2.24, 2.45) is 5.73 Å². The van der Waals surface area contributed by atoms with E-state index in [1.807, 2.05) is 0 Å². The number of hydrogen-bond acceptors (Lipinski definition) is 6. The number of carbonyl (C=O) groups is 1. The summed E-state index contributed by atoms with van der Waals surface area (Å²) < 4.78 is 1.42. The Hall–Kier alpha value is -2.52. The summed E-state index contributed by atoms with van der Waals surface area (Å²) in [5.74, 6) is -0.318. The standard InChI is InChI=1S/C16H20N6O3.ClH/c1-11-14(15(23)18-16(10-17)7-2-3-8-16)19-20-21(11)12-5-4-6-13(9-12)22(24)25;/h4-6,9H,2-3,7-8,10,17H2,1H3,(H,18,23);1H. The summed E-state index contributed by atoms with van der Waals surface area (Å²) in [5.41, 5.74) is 6.63. The second-order valence-corrected chi connectivity index (χ2v) is 6.36. The van der Waals surface area contributed by atoms with E-state index in [9.17, 15) is 14.9 Å². The molecule has 1 aromatic heterocycles. The third kappa shape index (κ3) is 3.68. The molecule has 3 rings (SSSR count). The number of nitro groups is 1. The average Bonchev–Trinajstić information content (AvgIpc) is 3.22. The molecule has 1 heterocycles.